The van der Waals surface area contributed by atoms with Gasteiger partial charge in [0.2, 0.25) is 5.91 Å². The first-order valence-corrected chi connectivity index (χ1v) is 13.5. The molecule has 0 unspecified atom stereocenters. The molecule has 1 aromatic heterocycles. The van der Waals surface area contributed by atoms with Gasteiger partial charge in [0.05, 0.1) is 5.69 Å². The minimum absolute atomic E-state index is 0.0116. The van der Waals surface area contributed by atoms with Gasteiger partial charge in [0.1, 0.15) is 17.4 Å². The Bertz CT molecular complexity index is 1710. The molecule has 0 atom stereocenters. The smallest absolute Gasteiger partial charge is 0.407 e. The Kier molecular flexibility index (Phi) is 9.06. The molecule has 0 aliphatic heterocycles. The number of benzene rings is 3. The van der Waals surface area contributed by atoms with Crippen molar-refractivity contribution < 1.29 is 24.6 Å². The quantitative estimate of drug-likeness (QED) is 0.190. The molecule has 0 spiro atoms. The first-order valence-electron chi connectivity index (χ1n) is 13.5. The number of rotatable bonds is 8. The van der Waals surface area contributed by atoms with Crippen LogP contribution in [0.2, 0.25) is 0 Å². The largest absolute Gasteiger partial charge is 0.507 e. The van der Waals surface area contributed by atoms with Gasteiger partial charge in [-0.25, -0.2) is 9.78 Å². The van der Waals surface area contributed by atoms with E-state index in [-0.39, 0.29) is 36.0 Å². The van der Waals surface area contributed by atoms with Crippen LogP contribution in [0.25, 0.3) is 22.4 Å². The molecule has 218 valence electrons. The molecule has 0 saturated heterocycles. The number of pyridine rings is 1. The number of hydrogen-bond donors (Lipinski definition) is 4. The zero-order chi connectivity index (χ0) is 31.1. The first-order chi connectivity index (χ1) is 20.5. The van der Waals surface area contributed by atoms with Crippen LogP contribution in [0.15, 0.2) is 84.9 Å². The van der Waals surface area contributed by atoms with Crippen molar-refractivity contribution in [2.45, 2.75) is 32.7 Å². The van der Waals surface area contributed by atoms with E-state index in [0.29, 0.717) is 33.6 Å². The predicted molar refractivity (Wildman–Crippen MR) is 164 cm³/mol. The number of carbonyl (C=O) groups excluding carboxylic acids is 2. The maximum Gasteiger partial charge on any atom is 0.407 e. The number of phenolic OH excluding ortho intramolecular Hbond substituents is 1. The molecule has 3 amide bonds. The zero-order valence-electron chi connectivity index (χ0n) is 24.0. The van der Waals surface area contributed by atoms with Crippen LogP contribution in [0.4, 0.5) is 16.3 Å². The van der Waals surface area contributed by atoms with E-state index in [1.54, 1.807) is 99.6 Å². The Morgan fingerprint density at radius 1 is 0.907 bits per heavy atom. The number of aromatic nitrogens is 1. The summed E-state index contributed by atoms with van der Waals surface area (Å²) in [6, 6.07) is 25.7. The molecule has 1 heterocycles. The fourth-order valence-corrected chi connectivity index (χ4v) is 4.49. The van der Waals surface area contributed by atoms with Gasteiger partial charge in [0, 0.05) is 40.9 Å². The molecule has 3 aromatic carbocycles. The van der Waals surface area contributed by atoms with Crippen LogP contribution in [-0.2, 0) is 4.79 Å². The zero-order valence-corrected chi connectivity index (χ0v) is 24.0. The Balaban J connectivity index is 1.71. The number of amides is 3. The minimum atomic E-state index is -1.11. The second kappa shape index (κ2) is 12.9. The summed E-state index contributed by atoms with van der Waals surface area (Å²) in [4.78, 5) is 43.2. The van der Waals surface area contributed by atoms with E-state index < -0.39 is 17.5 Å². The van der Waals surface area contributed by atoms with Gasteiger partial charge in [-0.3, -0.25) is 9.59 Å². The van der Waals surface area contributed by atoms with Gasteiger partial charge in [-0.15, -0.1) is 0 Å². The highest BCUT2D eigenvalue weighted by atomic mass is 16.4. The van der Waals surface area contributed by atoms with Crippen molar-refractivity contribution in [1.29, 1.82) is 5.26 Å². The second-order valence-corrected chi connectivity index (χ2v) is 10.7. The third-order valence-electron chi connectivity index (χ3n) is 6.64. The molecule has 0 aliphatic carbocycles. The summed E-state index contributed by atoms with van der Waals surface area (Å²) in [7, 11) is 0. The molecule has 0 fully saturated rings. The number of carboxylic acid groups (broad SMARTS) is 1. The van der Waals surface area contributed by atoms with Crippen molar-refractivity contribution in [3.8, 4) is 34.2 Å². The number of nitrogens with one attached hydrogen (secondary N) is 2. The Morgan fingerprint density at radius 3 is 2.26 bits per heavy atom. The van der Waals surface area contributed by atoms with Gasteiger partial charge in [0.25, 0.3) is 5.91 Å². The van der Waals surface area contributed by atoms with E-state index in [1.165, 1.54) is 11.0 Å². The van der Waals surface area contributed by atoms with Crippen LogP contribution in [-0.4, -0.2) is 50.1 Å². The average molecular weight is 578 g/mol. The van der Waals surface area contributed by atoms with Crippen LogP contribution in [0, 0.1) is 11.3 Å². The topological polar surface area (TPSA) is 156 Å². The third kappa shape index (κ3) is 7.34. The van der Waals surface area contributed by atoms with Crippen molar-refractivity contribution >= 4 is 29.4 Å². The summed E-state index contributed by atoms with van der Waals surface area (Å²) < 4.78 is 0. The van der Waals surface area contributed by atoms with Gasteiger partial charge in [0.15, 0.2) is 5.82 Å². The molecule has 4 rings (SSSR count). The minimum Gasteiger partial charge on any atom is -0.507 e. The van der Waals surface area contributed by atoms with Crippen molar-refractivity contribution in [3.63, 3.8) is 0 Å². The van der Waals surface area contributed by atoms with Crippen LogP contribution >= 0.6 is 0 Å². The third-order valence-corrected chi connectivity index (χ3v) is 6.64. The number of para-hydroxylation sites is 1. The van der Waals surface area contributed by atoms with Crippen LogP contribution in [0.5, 0.6) is 5.75 Å². The summed E-state index contributed by atoms with van der Waals surface area (Å²) in [6.07, 6.45) is -1.17. The van der Waals surface area contributed by atoms with E-state index in [1.807, 2.05) is 0 Å². The van der Waals surface area contributed by atoms with E-state index in [4.69, 9.17) is 0 Å². The van der Waals surface area contributed by atoms with E-state index in [2.05, 4.69) is 21.7 Å². The second-order valence-electron chi connectivity index (χ2n) is 10.7. The lowest BCUT2D eigenvalue weighted by atomic mass is 9.97. The lowest BCUT2D eigenvalue weighted by Crippen LogP contribution is -2.46. The number of anilines is 2. The molecule has 0 bridgehead atoms. The molecular weight excluding hydrogens is 546 g/mol. The Labute approximate surface area is 249 Å². The summed E-state index contributed by atoms with van der Waals surface area (Å²) in [6.45, 7) is 5.28. The molecule has 4 aromatic rings. The van der Waals surface area contributed by atoms with Crippen LogP contribution in [0.3, 0.4) is 0 Å². The molecule has 0 saturated carbocycles. The summed E-state index contributed by atoms with van der Waals surface area (Å²) in [5, 5.41) is 35.8. The van der Waals surface area contributed by atoms with Crippen LogP contribution in [0.1, 0.15) is 43.1 Å². The Hall–Kier alpha value is -5.69. The van der Waals surface area contributed by atoms with E-state index in [0.717, 1.165) is 0 Å². The number of phenols is 1. The fraction of sp³-hybridized carbons (Fsp3) is 0.182. The number of nitrogens with zero attached hydrogens (tertiary/aromatic N) is 3. The predicted octanol–water partition coefficient (Wildman–Crippen LogP) is 6.35. The monoisotopic (exact) mass is 577 g/mol. The lowest BCUT2D eigenvalue weighted by Gasteiger charge is -2.32. The highest BCUT2D eigenvalue weighted by Gasteiger charge is 2.26. The maximum atomic E-state index is 13.0. The molecule has 4 N–H and O–H groups in total. The van der Waals surface area contributed by atoms with Gasteiger partial charge in [-0.1, -0.05) is 42.5 Å². The fourth-order valence-electron chi connectivity index (χ4n) is 4.49. The highest BCUT2D eigenvalue weighted by molar-refractivity contribution is 6.05. The maximum absolute atomic E-state index is 13.0. The van der Waals surface area contributed by atoms with Crippen molar-refractivity contribution in [1.82, 2.24) is 9.88 Å². The van der Waals surface area contributed by atoms with Crippen molar-refractivity contribution in [2.75, 3.05) is 17.2 Å². The molecule has 0 radical (unpaired) electrons. The number of hydrogen-bond acceptors (Lipinski definition) is 6. The van der Waals surface area contributed by atoms with E-state index >= 15 is 0 Å². The summed E-state index contributed by atoms with van der Waals surface area (Å²) in [5.41, 5.74) is 1.91. The highest BCUT2D eigenvalue weighted by Crippen LogP contribution is 2.36. The normalized spacial score (nSPS) is 10.8. The van der Waals surface area contributed by atoms with Crippen molar-refractivity contribution in [3.05, 3.63) is 96.1 Å². The number of nitriles is 1. The standard InChI is InChI=1S/C33H31N5O5/c1-33(2,3)38(32(42)43)17-16-29(40)35-23-13-9-12-22(18-23)25-19-27(24-14-7-8-15-28(24)39)36-30(26(25)20-34)37-31(41)21-10-5-4-6-11-21/h4-15,18-19,39H,16-17H2,1-3H3,(H,35,40)(H,42,43)(H,36,37,41). The van der Waals surface area contributed by atoms with Gasteiger partial charge >= 0.3 is 6.09 Å². The van der Waals surface area contributed by atoms with Crippen molar-refractivity contribution in [2.24, 2.45) is 0 Å². The number of carbonyl (C=O) groups is 3. The molecule has 10 nitrogen and oxygen atoms in total. The Morgan fingerprint density at radius 2 is 1.60 bits per heavy atom. The molecule has 10 heteroatoms. The SMILES string of the molecule is CC(C)(C)N(CCC(=O)Nc1cccc(-c2cc(-c3ccccc3O)nc(NC(=O)c3ccccc3)c2C#N)c1)C(=O)O. The first kappa shape index (κ1) is 30.3. The van der Waals surface area contributed by atoms with E-state index in [9.17, 15) is 29.9 Å². The molecule has 43 heavy (non-hydrogen) atoms. The lowest BCUT2D eigenvalue weighted by molar-refractivity contribution is -0.116. The summed E-state index contributed by atoms with van der Waals surface area (Å²) >= 11 is 0. The van der Waals surface area contributed by atoms with Gasteiger partial charge in [-0.05, 0) is 68.8 Å². The number of aromatic hydroxyl groups is 1. The van der Waals surface area contributed by atoms with Gasteiger partial charge < -0.3 is 25.7 Å². The molecular formula is C33H31N5O5. The van der Waals surface area contributed by atoms with Gasteiger partial charge in [-0.2, -0.15) is 5.26 Å². The van der Waals surface area contributed by atoms with Crippen LogP contribution < -0.4 is 10.6 Å². The summed E-state index contributed by atoms with van der Waals surface area (Å²) in [5.74, 6) is -0.861. The average Bonchev–Trinajstić information content (AvgIpc) is 2.96. The molecule has 0 aliphatic rings.